The number of morpholine rings is 1. The highest BCUT2D eigenvalue weighted by molar-refractivity contribution is 5.56. The molecule has 0 amide bonds. The third kappa shape index (κ3) is 3.31. The molecule has 0 aliphatic carbocycles. The molecule has 7 heteroatoms. The summed E-state index contributed by atoms with van der Waals surface area (Å²) in [5, 5.41) is 2.10. The van der Waals surface area contributed by atoms with E-state index in [2.05, 4.69) is 39.7 Å². The number of nitrogen functional groups attached to an aromatic ring is 1. The Morgan fingerprint density at radius 1 is 1.21 bits per heavy atom. The summed E-state index contributed by atoms with van der Waals surface area (Å²) in [5.41, 5.74) is 6.87. The second kappa shape index (κ2) is 6.14. The normalized spacial score (nSPS) is 16.7. The lowest BCUT2D eigenvalue weighted by molar-refractivity contribution is 0.0494. The first-order valence-corrected chi connectivity index (χ1v) is 6.56. The number of nitrogens with one attached hydrogen (secondary N) is 2. The van der Waals surface area contributed by atoms with E-state index < -0.39 is 0 Å². The van der Waals surface area contributed by atoms with Crippen LogP contribution in [0.15, 0.2) is 0 Å². The fraction of sp³-hybridized carbons (Fsp3) is 0.667. The fourth-order valence-electron chi connectivity index (χ4n) is 1.87. The van der Waals surface area contributed by atoms with Crippen LogP contribution in [0.3, 0.4) is 0 Å². The molecule has 19 heavy (non-hydrogen) atoms. The van der Waals surface area contributed by atoms with Gasteiger partial charge in [0.1, 0.15) is 17.5 Å². The van der Waals surface area contributed by atoms with Crippen LogP contribution >= 0.6 is 0 Å². The van der Waals surface area contributed by atoms with Gasteiger partial charge in [0.25, 0.3) is 0 Å². The second-order valence-corrected chi connectivity index (χ2v) is 4.91. The highest BCUT2D eigenvalue weighted by Crippen LogP contribution is 2.23. The summed E-state index contributed by atoms with van der Waals surface area (Å²) in [5.74, 6) is 8.00. The van der Waals surface area contributed by atoms with Crippen LogP contribution in [0.25, 0.3) is 0 Å². The molecular weight excluding hydrogens is 244 g/mol. The van der Waals surface area contributed by atoms with Gasteiger partial charge in [-0.05, 0) is 6.92 Å². The molecular formula is C12H22N6O. The van der Waals surface area contributed by atoms with Gasteiger partial charge in [-0.25, -0.2) is 20.8 Å². The monoisotopic (exact) mass is 266 g/mol. The van der Waals surface area contributed by atoms with Gasteiger partial charge >= 0.3 is 0 Å². The maximum Gasteiger partial charge on any atom is 0.149 e. The molecule has 4 N–H and O–H groups in total. The van der Waals surface area contributed by atoms with E-state index in [1.54, 1.807) is 0 Å². The van der Waals surface area contributed by atoms with Crippen molar-refractivity contribution in [2.45, 2.75) is 26.7 Å². The number of anilines is 2. The molecule has 1 aliphatic rings. The average molecular weight is 266 g/mol. The number of ether oxygens (including phenoxy) is 1. The summed E-state index contributed by atoms with van der Waals surface area (Å²) >= 11 is 0. The zero-order valence-electron chi connectivity index (χ0n) is 11.7. The molecule has 106 valence electrons. The Labute approximate surface area is 113 Å². The highest BCUT2D eigenvalue weighted by atomic mass is 16.5. The van der Waals surface area contributed by atoms with E-state index in [0.29, 0.717) is 5.82 Å². The zero-order chi connectivity index (χ0) is 13.8. The van der Waals surface area contributed by atoms with Gasteiger partial charge in [-0.2, -0.15) is 0 Å². The molecule has 1 saturated heterocycles. The minimum atomic E-state index is 0.248. The van der Waals surface area contributed by atoms with Gasteiger partial charge in [0.2, 0.25) is 0 Å². The van der Waals surface area contributed by atoms with Crippen molar-refractivity contribution in [2.75, 3.05) is 37.2 Å². The van der Waals surface area contributed by atoms with Crippen molar-refractivity contribution in [3.05, 3.63) is 11.4 Å². The van der Waals surface area contributed by atoms with E-state index in [-0.39, 0.29) is 5.92 Å². The lowest BCUT2D eigenvalue weighted by Gasteiger charge is -2.28. The van der Waals surface area contributed by atoms with E-state index in [0.717, 1.165) is 43.5 Å². The van der Waals surface area contributed by atoms with Crippen molar-refractivity contribution in [1.29, 1.82) is 0 Å². The van der Waals surface area contributed by atoms with Gasteiger partial charge < -0.3 is 15.6 Å². The number of rotatable bonds is 4. The van der Waals surface area contributed by atoms with Gasteiger partial charge in [0.15, 0.2) is 0 Å². The molecule has 0 aromatic carbocycles. The van der Waals surface area contributed by atoms with Crippen LogP contribution in [0.5, 0.6) is 0 Å². The summed E-state index contributed by atoms with van der Waals surface area (Å²) < 4.78 is 5.33. The number of hydrogen-bond acceptors (Lipinski definition) is 7. The molecule has 1 aromatic heterocycles. The molecule has 1 aromatic rings. The summed E-state index contributed by atoms with van der Waals surface area (Å²) in [4.78, 5) is 8.99. The van der Waals surface area contributed by atoms with Crippen molar-refractivity contribution < 1.29 is 4.74 Å². The van der Waals surface area contributed by atoms with Crippen LogP contribution in [0.2, 0.25) is 0 Å². The molecule has 7 nitrogen and oxygen atoms in total. The van der Waals surface area contributed by atoms with E-state index >= 15 is 0 Å². The van der Waals surface area contributed by atoms with Crippen molar-refractivity contribution in [3.63, 3.8) is 0 Å². The summed E-state index contributed by atoms with van der Waals surface area (Å²) in [7, 11) is 0. The lowest BCUT2D eigenvalue weighted by atomic mass is 10.2. The summed E-state index contributed by atoms with van der Waals surface area (Å²) in [6.07, 6.45) is 0. The first-order valence-electron chi connectivity index (χ1n) is 6.56. The van der Waals surface area contributed by atoms with Crippen LogP contribution in [0.1, 0.15) is 31.2 Å². The predicted molar refractivity (Wildman–Crippen MR) is 74.7 cm³/mol. The Kier molecular flexibility index (Phi) is 4.52. The van der Waals surface area contributed by atoms with Gasteiger partial charge in [-0.3, -0.25) is 0 Å². The van der Waals surface area contributed by atoms with Gasteiger partial charge in [0.05, 0.1) is 13.2 Å². The maximum atomic E-state index is 5.52. The zero-order valence-corrected chi connectivity index (χ0v) is 11.7. The third-order valence-corrected chi connectivity index (χ3v) is 3.09. The molecule has 1 fully saturated rings. The van der Waals surface area contributed by atoms with Crippen LogP contribution in [0, 0.1) is 6.92 Å². The Balaban J connectivity index is 2.24. The van der Waals surface area contributed by atoms with E-state index in [1.807, 2.05) is 6.92 Å². The first-order chi connectivity index (χ1) is 9.11. The number of hydrogen-bond donors (Lipinski definition) is 3. The van der Waals surface area contributed by atoms with Crippen molar-refractivity contribution >= 4 is 11.6 Å². The minimum absolute atomic E-state index is 0.248. The van der Waals surface area contributed by atoms with Gasteiger partial charge in [-0.15, -0.1) is 0 Å². The quantitative estimate of drug-likeness (QED) is 0.550. The standard InChI is InChI=1S/C12H22N6O/c1-8(2)10-14-11(16-13)9(3)12(15-10)17-18-4-6-19-7-5-18/h8H,4-7,13H2,1-3H3,(H2,14,15,16,17). The molecule has 0 bridgehead atoms. The van der Waals surface area contributed by atoms with Crippen molar-refractivity contribution in [2.24, 2.45) is 5.84 Å². The fourth-order valence-corrected chi connectivity index (χ4v) is 1.87. The van der Waals surface area contributed by atoms with E-state index in [1.165, 1.54) is 0 Å². The minimum Gasteiger partial charge on any atom is -0.379 e. The Morgan fingerprint density at radius 2 is 1.84 bits per heavy atom. The molecule has 0 spiro atoms. The van der Waals surface area contributed by atoms with E-state index in [4.69, 9.17) is 10.6 Å². The SMILES string of the molecule is Cc1c(NN)nc(C(C)C)nc1NN1CCOCC1. The lowest BCUT2D eigenvalue weighted by Crippen LogP contribution is -2.40. The summed E-state index contributed by atoms with van der Waals surface area (Å²) in [6.45, 7) is 9.21. The molecule has 0 unspecified atom stereocenters. The molecule has 0 radical (unpaired) electrons. The predicted octanol–water partition coefficient (Wildman–Crippen LogP) is 0.853. The Bertz CT molecular complexity index is 430. The molecule has 2 rings (SSSR count). The van der Waals surface area contributed by atoms with Gasteiger partial charge in [-0.1, -0.05) is 13.8 Å². The molecule has 1 aliphatic heterocycles. The van der Waals surface area contributed by atoms with Crippen LogP contribution in [-0.2, 0) is 4.74 Å². The summed E-state index contributed by atoms with van der Waals surface area (Å²) in [6, 6.07) is 0. The number of nitrogens with zero attached hydrogens (tertiary/aromatic N) is 3. The highest BCUT2D eigenvalue weighted by Gasteiger charge is 2.16. The number of nitrogens with two attached hydrogens (primary N) is 1. The average Bonchev–Trinajstić information content (AvgIpc) is 2.42. The van der Waals surface area contributed by atoms with Crippen molar-refractivity contribution in [1.82, 2.24) is 15.0 Å². The maximum absolute atomic E-state index is 5.52. The third-order valence-electron chi connectivity index (χ3n) is 3.09. The van der Waals surface area contributed by atoms with Crippen LogP contribution in [-0.4, -0.2) is 41.3 Å². The molecule has 0 atom stereocenters. The number of aromatic nitrogens is 2. The van der Waals surface area contributed by atoms with Gasteiger partial charge in [0, 0.05) is 24.6 Å². The largest absolute Gasteiger partial charge is 0.379 e. The number of hydrazine groups is 2. The topological polar surface area (TPSA) is 88.3 Å². The van der Waals surface area contributed by atoms with Crippen LogP contribution < -0.4 is 16.7 Å². The molecule has 2 heterocycles. The van der Waals surface area contributed by atoms with Crippen LogP contribution in [0.4, 0.5) is 11.6 Å². The first kappa shape index (κ1) is 14.0. The Morgan fingerprint density at radius 3 is 2.42 bits per heavy atom. The Hall–Kier alpha value is -1.44. The van der Waals surface area contributed by atoms with E-state index in [9.17, 15) is 0 Å². The second-order valence-electron chi connectivity index (χ2n) is 4.91. The smallest absolute Gasteiger partial charge is 0.149 e. The molecule has 0 saturated carbocycles. The van der Waals surface area contributed by atoms with Crippen molar-refractivity contribution in [3.8, 4) is 0 Å².